The van der Waals surface area contributed by atoms with Crippen LogP contribution in [0.5, 0.6) is 5.88 Å². The Kier molecular flexibility index (Phi) is 13.3. The van der Waals surface area contributed by atoms with E-state index in [0.717, 1.165) is 87.1 Å². The number of hydrogen-bond acceptors (Lipinski definition) is 14. The zero-order valence-electron chi connectivity index (χ0n) is 37.9. The number of hydrogen-bond donors (Lipinski definition) is 5. The molecule has 0 spiro atoms. The Morgan fingerprint density at radius 2 is 1.81 bits per heavy atom. The molecule has 1 unspecified atom stereocenters. The van der Waals surface area contributed by atoms with Crippen molar-refractivity contribution >= 4 is 80.4 Å². The number of nitrogens with one attached hydrogen (secondary N) is 4. The minimum atomic E-state index is -4.60. The molecule has 5 N–H and O–H groups in total. The summed E-state index contributed by atoms with van der Waals surface area (Å²) in [7, 11) is -7.07. The number of rotatable bonds is 13. The van der Waals surface area contributed by atoms with Crippen molar-refractivity contribution in [3.63, 3.8) is 0 Å². The molecule has 2 fully saturated rings. The van der Waals surface area contributed by atoms with Gasteiger partial charge in [0.2, 0.25) is 5.88 Å². The highest BCUT2D eigenvalue weighted by molar-refractivity contribution is 7.90. The van der Waals surface area contributed by atoms with Crippen molar-refractivity contribution in [2.24, 2.45) is 5.41 Å². The molecule has 1 atom stereocenters. The predicted octanol–water partition coefficient (Wildman–Crippen LogP) is 7.65. The smallest absolute Gasteiger partial charge is 0.293 e. The lowest BCUT2D eigenvalue weighted by atomic mass is 9.72. The molecule has 0 bridgehead atoms. The number of benzene rings is 3. The normalized spacial score (nSPS) is 20.4. The third-order valence-corrected chi connectivity index (χ3v) is 17.2. The van der Waals surface area contributed by atoms with Gasteiger partial charge in [0.1, 0.15) is 30.3 Å². The van der Waals surface area contributed by atoms with Gasteiger partial charge in [-0.2, -0.15) is 10.1 Å². The fraction of sp³-hybridized carbons (Fsp3) is 0.404. The summed E-state index contributed by atoms with van der Waals surface area (Å²) in [5.41, 5.74) is 6.68. The number of amides is 1. The summed E-state index contributed by atoms with van der Waals surface area (Å²) in [5, 5.41) is 20.0. The summed E-state index contributed by atoms with van der Waals surface area (Å²) in [6.07, 6.45) is 5.83. The molecule has 354 valence electrons. The molecule has 2 saturated heterocycles. The fourth-order valence-corrected chi connectivity index (χ4v) is 12.5. The van der Waals surface area contributed by atoms with Gasteiger partial charge in [0.15, 0.2) is 0 Å². The second kappa shape index (κ2) is 19.0. The second-order valence-corrected chi connectivity index (χ2v) is 23.4. The maximum atomic E-state index is 14.3. The number of ether oxygens (including phenoxy) is 1. The molecule has 4 aliphatic rings. The minimum absolute atomic E-state index is 0.0913. The van der Waals surface area contributed by atoms with Gasteiger partial charge < -0.3 is 24.8 Å². The van der Waals surface area contributed by atoms with Crippen molar-refractivity contribution in [3.8, 4) is 5.88 Å². The van der Waals surface area contributed by atoms with E-state index in [0.29, 0.717) is 42.5 Å². The number of anilines is 4. The third kappa shape index (κ3) is 10.3. The van der Waals surface area contributed by atoms with Crippen LogP contribution in [0.1, 0.15) is 55.5 Å². The van der Waals surface area contributed by atoms with Crippen LogP contribution < -0.4 is 29.7 Å². The lowest BCUT2D eigenvalue weighted by Gasteiger charge is -2.39. The van der Waals surface area contributed by atoms with E-state index < -0.39 is 39.2 Å². The van der Waals surface area contributed by atoms with E-state index in [1.54, 1.807) is 18.9 Å². The number of carbonyl (C=O) groups excluding carboxylic acids is 1. The number of fused-ring (bicyclic) bond motifs is 2. The molecule has 5 heterocycles. The SMILES string of the molecule is CC1(C)CCC(CN2CCN(c3ccc(C(=O)NS(=O)(=O)c4ccc(NCCN5CCCN[P+]5(C)O)c([N+](=O)[O-])c4)c(N4CCOc5nc6[nH]ccc6cc54)c3)CC2)=C(c2ccc(Cl)cc2)C1. The predicted molar refractivity (Wildman–Crippen MR) is 265 cm³/mol. The maximum Gasteiger partial charge on any atom is 0.293 e. The minimum Gasteiger partial charge on any atom is -0.474 e. The molecule has 0 saturated carbocycles. The second-order valence-electron chi connectivity index (χ2n) is 18.5. The molecule has 5 aromatic rings. The van der Waals surface area contributed by atoms with Gasteiger partial charge in [-0.25, -0.2) is 18.0 Å². The van der Waals surface area contributed by atoms with Gasteiger partial charge in [0.25, 0.3) is 29.4 Å². The quantitative estimate of drug-likeness (QED) is 0.0438. The summed E-state index contributed by atoms with van der Waals surface area (Å²) < 4.78 is 38.0. The van der Waals surface area contributed by atoms with Crippen molar-refractivity contribution in [1.29, 1.82) is 0 Å². The standard InChI is InChI=1S/C47H56ClN10O7PS/c1-47(2)15-13-34(39(30-47)32-5-7-35(48)8-6-32)31-54-21-23-55(24-22-54)36-9-11-38(41(28-36)57-25-26-65-46-43(57)27-33-14-17-50-44(33)52-46)45(59)53-67(63,64)37-10-12-40(42(29-37)58(60)61)49-18-20-56-19-4-16-51-66(56,3)62/h5-12,14,17,27-29,49,51,62H,4,13,15-16,18-26,30-31H2,1-3H3,(H-,50,52,53,59)/p+1. The number of aromatic nitrogens is 2. The molecule has 17 nitrogen and oxygen atoms in total. The number of allylic oxidation sites excluding steroid dienone is 1. The highest BCUT2D eigenvalue weighted by Gasteiger charge is 2.40. The number of nitro benzene ring substituents is 1. The Morgan fingerprint density at radius 1 is 1.01 bits per heavy atom. The van der Waals surface area contributed by atoms with Crippen LogP contribution in [0.3, 0.4) is 0 Å². The third-order valence-electron chi connectivity index (χ3n) is 13.3. The highest BCUT2D eigenvalue weighted by atomic mass is 35.5. The average Bonchev–Trinajstić information content (AvgIpc) is 3.77. The van der Waals surface area contributed by atoms with Crippen LogP contribution in [0.4, 0.5) is 28.4 Å². The van der Waals surface area contributed by atoms with Gasteiger partial charge in [-0.15, -0.1) is 4.67 Å². The summed E-state index contributed by atoms with van der Waals surface area (Å²) in [5.74, 6) is -0.524. The van der Waals surface area contributed by atoms with Crippen LogP contribution in [0.15, 0.2) is 89.5 Å². The first kappa shape index (κ1) is 46.8. The maximum absolute atomic E-state index is 14.3. The van der Waals surface area contributed by atoms with Gasteiger partial charge in [0, 0.05) is 80.7 Å². The number of nitrogens with zero attached hydrogens (tertiary/aromatic N) is 6. The van der Waals surface area contributed by atoms with Crippen LogP contribution in [-0.2, 0) is 10.0 Å². The lowest BCUT2D eigenvalue weighted by Crippen LogP contribution is -2.47. The van der Waals surface area contributed by atoms with Crippen LogP contribution in [0, 0.1) is 15.5 Å². The monoisotopic (exact) mass is 971 g/mol. The molecule has 3 aliphatic heterocycles. The molecule has 1 aliphatic carbocycles. The van der Waals surface area contributed by atoms with Crippen LogP contribution >= 0.6 is 19.4 Å². The first-order chi connectivity index (χ1) is 32.0. The summed E-state index contributed by atoms with van der Waals surface area (Å²) in [6.45, 7) is 13.2. The van der Waals surface area contributed by atoms with E-state index in [4.69, 9.17) is 21.3 Å². The molecule has 2 aromatic heterocycles. The molecule has 67 heavy (non-hydrogen) atoms. The summed E-state index contributed by atoms with van der Waals surface area (Å²) in [6, 6.07) is 20.9. The van der Waals surface area contributed by atoms with E-state index >= 15 is 0 Å². The van der Waals surface area contributed by atoms with E-state index in [-0.39, 0.29) is 29.8 Å². The van der Waals surface area contributed by atoms with Gasteiger partial charge in [0.05, 0.1) is 34.2 Å². The highest BCUT2D eigenvalue weighted by Crippen LogP contribution is 2.51. The Bertz CT molecular complexity index is 2830. The zero-order valence-corrected chi connectivity index (χ0v) is 40.4. The number of aromatic amines is 1. The first-order valence-corrected chi connectivity index (χ1v) is 26.7. The Balaban J connectivity index is 0.959. The molecule has 9 rings (SSSR count). The van der Waals surface area contributed by atoms with Gasteiger partial charge in [-0.05, 0) is 96.8 Å². The summed E-state index contributed by atoms with van der Waals surface area (Å²) in [4.78, 5) is 50.8. The molecule has 3 aromatic carbocycles. The number of carbonyl (C=O) groups is 1. The molecule has 20 heteroatoms. The van der Waals surface area contributed by atoms with E-state index in [1.165, 1.54) is 28.8 Å². The van der Waals surface area contributed by atoms with Crippen molar-refractivity contribution in [3.05, 3.63) is 111 Å². The fourth-order valence-electron chi connectivity index (χ4n) is 9.58. The Labute approximate surface area is 396 Å². The van der Waals surface area contributed by atoms with Crippen molar-refractivity contribution in [2.45, 2.75) is 44.4 Å². The van der Waals surface area contributed by atoms with E-state index in [1.807, 2.05) is 46.0 Å². The number of sulfonamides is 1. The number of piperazine rings is 1. The number of H-pyrrole nitrogens is 1. The average molecular weight is 973 g/mol. The zero-order chi connectivity index (χ0) is 47.1. The number of pyridine rings is 1. The largest absolute Gasteiger partial charge is 0.474 e. The lowest BCUT2D eigenvalue weighted by molar-refractivity contribution is -0.384. The molecular formula is C47H57ClN10O7PS+. The summed E-state index contributed by atoms with van der Waals surface area (Å²) >= 11 is 6.27. The van der Waals surface area contributed by atoms with Gasteiger partial charge in [-0.3, -0.25) is 19.8 Å². The van der Waals surface area contributed by atoms with E-state index in [2.05, 4.69) is 55.9 Å². The van der Waals surface area contributed by atoms with Gasteiger partial charge >= 0.3 is 0 Å². The van der Waals surface area contributed by atoms with Crippen molar-refractivity contribution < 1.29 is 27.8 Å². The molecule has 0 radical (unpaired) electrons. The number of nitro groups is 1. The van der Waals surface area contributed by atoms with Crippen LogP contribution in [0.2, 0.25) is 5.02 Å². The van der Waals surface area contributed by atoms with E-state index in [9.17, 15) is 28.2 Å². The van der Waals surface area contributed by atoms with Crippen molar-refractivity contribution in [2.75, 3.05) is 93.8 Å². The van der Waals surface area contributed by atoms with Crippen molar-refractivity contribution in [1.82, 2.24) is 29.3 Å². The Hall–Kier alpha value is -5.33. The van der Waals surface area contributed by atoms with Gasteiger partial charge in [-0.1, -0.05) is 43.2 Å². The topological polar surface area (TPSA) is 202 Å². The van der Waals surface area contributed by atoms with Crippen LogP contribution in [-0.4, -0.2) is 122 Å². The Morgan fingerprint density at radius 3 is 2.57 bits per heavy atom. The molecule has 1 amide bonds. The first-order valence-electron chi connectivity index (χ1n) is 22.7. The number of halogens is 1. The van der Waals surface area contributed by atoms with Crippen LogP contribution in [0.25, 0.3) is 16.6 Å². The molecular weight excluding hydrogens is 915 g/mol.